The van der Waals surface area contributed by atoms with Gasteiger partial charge in [-0.05, 0) is 24.5 Å². The summed E-state index contributed by atoms with van der Waals surface area (Å²) in [5.41, 5.74) is 2.21. The molecule has 1 aromatic heterocycles. The van der Waals surface area contributed by atoms with Crippen LogP contribution in [0.5, 0.6) is 5.75 Å². The molecule has 6 heteroatoms. The van der Waals surface area contributed by atoms with E-state index in [1.54, 1.807) is 7.11 Å². The summed E-state index contributed by atoms with van der Waals surface area (Å²) in [6, 6.07) is 8.34. The number of aromatic nitrogens is 2. The van der Waals surface area contributed by atoms with E-state index in [0.717, 1.165) is 42.8 Å². The molecule has 138 valence electrons. The van der Waals surface area contributed by atoms with Crippen LogP contribution in [-0.4, -0.2) is 46.8 Å². The number of hydrogen-bond acceptors (Lipinski definition) is 4. The Morgan fingerprint density at radius 3 is 2.85 bits per heavy atom. The Morgan fingerprint density at radius 1 is 1.35 bits per heavy atom. The van der Waals surface area contributed by atoms with Crippen molar-refractivity contribution in [2.24, 2.45) is 13.0 Å². The minimum atomic E-state index is -0.0329. The fourth-order valence-corrected chi connectivity index (χ4v) is 3.92. The Labute approximate surface area is 154 Å². The van der Waals surface area contributed by atoms with Crippen LogP contribution in [0.25, 0.3) is 0 Å². The highest BCUT2D eigenvalue weighted by atomic mass is 16.5. The summed E-state index contributed by atoms with van der Waals surface area (Å²) in [6.07, 6.45) is 6.11. The average molecular weight is 354 g/mol. The molecule has 2 aromatic rings. The summed E-state index contributed by atoms with van der Waals surface area (Å²) in [5, 5.41) is 7.69. The standard InChI is InChI=1S/C20H26N4O2/c1-23-12-15(9-22-23)17-10-21-11-18(17)20(25)24(16-7-8-16)13-14-5-3-4-6-19(14)26-2/h3-6,9,12,16-18,21H,7-8,10-11,13H2,1-2H3/t17-,18+/m1/s1. The van der Waals surface area contributed by atoms with Crippen LogP contribution in [-0.2, 0) is 18.4 Å². The highest BCUT2D eigenvalue weighted by Crippen LogP contribution is 2.35. The summed E-state index contributed by atoms with van der Waals surface area (Å²) in [6.45, 7) is 2.17. The lowest BCUT2D eigenvalue weighted by molar-refractivity contribution is -0.136. The monoisotopic (exact) mass is 354 g/mol. The predicted molar refractivity (Wildman–Crippen MR) is 98.9 cm³/mol. The molecule has 2 heterocycles. The first kappa shape index (κ1) is 17.1. The van der Waals surface area contributed by atoms with Gasteiger partial charge in [0, 0.05) is 50.4 Å². The van der Waals surface area contributed by atoms with Crippen molar-refractivity contribution in [1.82, 2.24) is 20.0 Å². The van der Waals surface area contributed by atoms with Gasteiger partial charge in [-0.25, -0.2) is 0 Å². The van der Waals surface area contributed by atoms with E-state index >= 15 is 0 Å². The molecule has 1 amide bonds. The first-order chi connectivity index (χ1) is 12.7. The van der Waals surface area contributed by atoms with Gasteiger partial charge in [-0.15, -0.1) is 0 Å². The maximum absolute atomic E-state index is 13.4. The number of nitrogens with zero attached hydrogens (tertiary/aromatic N) is 3. The van der Waals surface area contributed by atoms with E-state index in [-0.39, 0.29) is 17.7 Å². The first-order valence-electron chi connectivity index (χ1n) is 9.29. The lowest BCUT2D eigenvalue weighted by Gasteiger charge is -2.28. The van der Waals surface area contributed by atoms with Gasteiger partial charge in [-0.2, -0.15) is 5.10 Å². The fourth-order valence-electron chi connectivity index (χ4n) is 3.92. The second-order valence-electron chi connectivity index (χ2n) is 7.33. The highest BCUT2D eigenvalue weighted by Gasteiger charge is 2.41. The van der Waals surface area contributed by atoms with Crippen molar-refractivity contribution >= 4 is 5.91 Å². The summed E-state index contributed by atoms with van der Waals surface area (Å²) >= 11 is 0. The van der Waals surface area contributed by atoms with Crippen molar-refractivity contribution in [3.63, 3.8) is 0 Å². The third-order valence-corrected chi connectivity index (χ3v) is 5.49. The van der Waals surface area contributed by atoms with Gasteiger partial charge in [0.05, 0.1) is 19.2 Å². The molecule has 1 saturated heterocycles. The van der Waals surface area contributed by atoms with Gasteiger partial charge in [0.2, 0.25) is 5.91 Å². The van der Waals surface area contributed by atoms with Crippen molar-refractivity contribution < 1.29 is 9.53 Å². The Kier molecular flexibility index (Phi) is 4.68. The number of carbonyl (C=O) groups excluding carboxylic acids is 1. The number of benzene rings is 1. The summed E-state index contributed by atoms with van der Waals surface area (Å²) in [7, 11) is 3.60. The number of para-hydroxylation sites is 1. The van der Waals surface area contributed by atoms with Gasteiger partial charge in [0.25, 0.3) is 0 Å². The highest BCUT2D eigenvalue weighted by molar-refractivity contribution is 5.81. The van der Waals surface area contributed by atoms with Crippen molar-refractivity contribution in [3.8, 4) is 5.75 Å². The Balaban J connectivity index is 1.55. The molecule has 4 rings (SSSR count). The van der Waals surface area contributed by atoms with Gasteiger partial charge in [-0.3, -0.25) is 9.48 Å². The van der Waals surface area contributed by atoms with Crippen molar-refractivity contribution in [1.29, 1.82) is 0 Å². The van der Waals surface area contributed by atoms with Crippen LogP contribution in [0.2, 0.25) is 0 Å². The number of methoxy groups -OCH3 is 1. The van der Waals surface area contributed by atoms with Crippen LogP contribution >= 0.6 is 0 Å². The minimum absolute atomic E-state index is 0.0329. The van der Waals surface area contributed by atoms with Crippen LogP contribution < -0.4 is 10.1 Å². The van der Waals surface area contributed by atoms with Crippen molar-refractivity contribution in [3.05, 3.63) is 47.8 Å². The molecule has 1 aliphatic carbocycles. The number of nitrogens with one attached hydrogen (secondary N) is 1. The van der Waals surface area contributed by atoms with E-state index < -0.39 is 0 Å². The second kappa shape index (κ2) is 7.11. The molecule has 1 aromatic carbocycles. The normalized spacial score (nSPS) is 22.4. The SMILES string of the molecule is COc1ccccc1CN(C(=O)[C@H]1CNC[C@@H]1c1cnn(C)c1)C1CC1. The van der Waals surface area contributed by atoms with E-state index in [4.69, 9.17) is 4.74 Å². The zero-order valence-electron chi connectivity index (χ0n) is 15.4. The Morgan fingerprint density at radius 2 is 2.15 bits per heavy atom. The molecule has 1 saturated carbocycles. The minimum Gasteiger partial charge on any atom is -0.496 e. The molecular formula is C20H26N4O2. The summed E-state index contributed by atoms with van der Waals surface area (Å²) in [5.74, 6) is 1.25. The molecule has 1 N–H and O–H groups in total. The lowest BCUT2D eigenvalue weighted by Crippen LogP contribution is -2.39. The quantitative estimate of drug-likeness (QED) is 0.861. The van der Waals surface area contributed by atoms with E-state index in [2.05, 4.69) is 15.3 Å². The molecular weight excluding hydrogens is 328 g/mol. The molecule has 6 nitrogen and oxygen atoms in total. The van der Waals surface area contributed by atoms with Gasteiger partial charge in [0.1, 0.15) is 5.75 Å². The van der Waals surface area contributed by atoms with E-state index in [1.165, 1.54) is 0 Å². The fraction of sp³-hybridized carbons (Fsp3) is 0.500. The number of aryl methyl sites for hydroxylation is 1. The number of ether oxygens (including phenoxy) is 1. The Bertz CT molecular complexity index is 784. The third kappa shape index (κ3) is 3.33. The van der Waals surface area contributed by atoms with Crippen LogP contribution in [0, 0.1) is 5.92 Å². The van der Waals surface area contributed by atoms with E-state index in [0.29, 0.717) is 12.6 Å². The number of amides is 1. The Hall–Kier alpha value is -2.34. The van der Waals surface area contributed by atoms with Gasteiger partial charge >= 0.3 is 0 Å². The number of hydrogen-bond donors (Lipinski definition) is 1. The smallest absolute Gasteiger partial charge is 0.228 e. The molecule has 0 spiro atoms. The molecule has 0 bridgehead atoms. The molecule has 26 heavy (non-hydrogen) atoms. The molecule has 2 atom stereocenters. The second-order valence-corrected chi connectivity index (χ2v) is 7.33. The van der Waals surface area contributed by atoms with Gasteiger partial charge in [0.15, 0.2) is 0 Å². The van der Waals surface area contributed by atoms with Crippen LogP contribution in [0.1, 0.15) is 29.9 Å². The third-order valence-electron chi connectivity index (χ3n) is 5.49. The lowest BCUT2D eigenvalue weighted by atomic mass is 9.89. The molecule has 1 aliphatic heterocycles. The molecule has 2 aliphatic rings. The number of carbonyl (C=O) groups is 1. The van der Waals surface area contributed by atoms with Gasteiger partial charge in [-0.1, -0.05) is 18.2 Å². The topological polar surface area (TPSA) is 59.4 Å². The summed E-state index contributed by atoms with van der Waals surface area (Å²) in [4.78, 5) is 15.5. The van der Waals surface area contributed by atoms with E-state index in [9.17, 15) is 4.79 Å². The average Bonchev–Trinajstić information content (AvgIpc) is 3.21. The molecule has 0 unspecified atom stereocenters. The molecule has 2 fully saturated rings. The maximum atomic E-state index is 13.4. The predicted octanol–water partition coefficient (Wildman–Crippen LogP) is 1.92. The summed E-state index contributed by atoms with van der Waals surface area (Å²) < 4.78 is 7.29. The number of rotatable bonds is 6. The largest absolute Gasteiger partial charge is 0.496 e. The van der Waals surface area contributed by atoms with Crippen LogP contribution in [0.4, 0.5) is 0 Å². The first-order valence-corrected chi connectivity index (χ1v) is 9.29. The van der Waals surface area contributed by atoms with Crippen LogP contribution in [0.3, 0.4) is 0 Å². The van der Waals surface area contributed by atoms with Crippen molar-refractivity contribution in [2.45, 2.75) is 31.3 Å². The van der Waals surface area contributed by atoms with Crippen molar-refractivity contribution in [2.75, 3.05) is 20.2 Å². The van der Waals surface area contributed by atoms with Gasteiger partial charge < -0.3 is 15.0 Å². The molecule has 0 radical (unpaired) electrons. The zero-order valence-corrected chi connectivity index (χ0v) is 15.4. The van der Waals surface area contributed by atoms with E-state index in [1.807, 2.05) is 48.4 Å². The zero-order chi connectivity index (χ0) is 18.1. The van der Waals surface area contributed by atoms with Crippen LogP contribution in [0.15, 0.2) is 36.7 Å². The maximum Gasteiger partial charge on any atom is 0.228 e.